The number of anilines is 1. The number of rotatable bonds is 10. The van der Waals surface area contributed by atoms with Crippen molar-refractivity contribution >= 4 is 34.9 Å². The number of nitrogens with one attached hydrogen (secondary N) is 1. The molecule has 0 bridgehead atoms. The highest BCUT2D eigenvalue weighted by Crippen LogP contribution is 2.33. The summed E-state index contributed by atoms with van der Waals surface area (Å²) in [7, 11) is 0. The normalized spacial score (nSPS) is 12.9. The molecule has 0 saturated carbocycles. The first kappa shape index (κ1) is 24.5. The van der Waals surface area contributed by atoms with Crippen LogP contribution in [-0.2, 0) is 9.59 Å². The van der Waals surface area contributed by atoms with Gasteiger partial charge in [-0.05, 0) is 48.7 Å². The molecular formula is C24H26ClFN2O5. The van der Waals surface area contributed by atoms with E-state index in [0.717, 1.165) is 6.07 Å². The van der Waals surface area contributed by atoms with Gasteiger partial charge < -0.3 is 19.7 Å². The van der Waals surface area contributed by atoms with Gasteiger partial charge in [0.2, 0.25) is 5.91 Å². The summed E-state index contributed by atoms with van der Waals surface area (Å²) in [5.74, 6) is -0.629. The van der Waals surface area contributed by atoms with Gasteiger partial charge in [0.1, 0.15) is 5.75 Å². The molecule has 9 heteroatoms. The fourth-order valence-corrected chi connectivity index (χ4v) is 3.40. The van der Waals surface area contributed by atoms with Crippen LogP contribution in [0, 0.1) is 11.7 Å². The molecule has 1 N–H and O–H groups in total. The Morgan fingerprint density at radius 2 is 2.03 bits per heavy atom. The zero-order valence-electron chi connectivity index (χ0n) is 18.5. The fraction of sp³-hybridized carbons (Fsp3) is 0.375. The molecule has 33 heavy (non-hydrogen) atoms. The van der Waals surface area contributed by atoms with E-state index < -0.39 is 11.6 Å². The second kappa shape index (κ2) is 11.1. The molecule has 1 aliphatic rings. The Hall–Kier alpha value is -3.13. The zero-order valence-corrected chi connectivity index (χ0v) is 19.3. The van der Waals surface area contributed by atoms with E-state index in [1.807, 2.05) is 13.8 Å². The maximum absolute atomic E-state index is 13.9. The Bertz CT molecular complexity index is 1040. The molecule has 0 radical (unpaired) electrons. The summed E-state index contributed by atoms with van der Waals surface area (Å²) < 4.78 is 24.6. The number of nitrogens with zero attached hydrogens (tertiary/aromatic N) is 1. The highest BCUT2D eigenvalue weighted by molar-refractivity contribution is 6.30. The molecule has 2 amide bonds. The molecule has 0 aliphatic carbocycles. The van der Waals surface area contributed by atoms with Gasteiger partial charge in [0.05, 0.1) is 5.69 Å². The van der Waals surface area contributed by atoms with Gasteiger partial charge in [-0.2, -0.15) is 0 Å². The summed E-state index contributed by atoms with van der Waals surface area (Å²) in [6.07, 6.45) is 0.748. The standard InChI is InChI=1S/C24H26ClFN2O5/c1-15(2)12-27-23(30)4-3-9-28-19-10-16(5-7-22(19)33-14-24(28)31)20(29)13-32-21-8-6-17(25)11-18(21)26/h5-8,10-11,15H,3-4,9,12-14H2,1-2H3,(H,27,30). The summed E-state index contributed by atoms with van der Waals surface area (Å²) in [6.45, 7) is 4.44. The number of hydrogen-bond acceptors (Lipinski definition) is 5. The molecule has 1 aliphatic heterocycles. The molecule has 3 rings (SSSR count). The summed E-state index contributed by atoms with van der Waals surface area (Å²) in [4.78, 5) is 38.6. The van der Waals surface area contributed by atoms with E-state index in [1.165, 1.54) is 17.0 Å². The van der Waals surface area contributed by atoms with Gasteiger partial charge in [-0.15, -0.1) is 0 Å². The number of amides is 2. The van der Waals surface area contributed by atoms with E-state index in [-0.39, 0.29) is 42.2 Å². The van der Waals surface area contributed by atoms with Crippen molar-refractivity contribution in [1.82, 2.24) is 5.32 Å². The minimum Gasteiger partial charge on any atom is -0.482 e. The van der Waals surface area contributed by atoms with E-state index in [1.54, 1.807) is 18.2 Å². The van der Waals surface area contributed by atoms with E-state index in [9.17, 15) is 18.8 Å². The third-order valence-corrected chi connectivity index (χ3v) is 5.20. The first-order chi connectivity index (χ1) is 15.7. The second-order valence-electron chi connectivity index (χ2n) is 8.10. The summed E-state index contributed by atoms with van der Waals surface area (Å²) in [5.41, 5.74) is 0.749. The van der Waals surface area contributed by atoms with Crippen LogP contribution < -0.4 is 19.7 Å². The Morgan fingerprint density at radius 3 is 2.76 bits per heavy atom. The van der Waals surface area contributed by atoms with Gasteiger partial charge in [0.25, 0.3) is 5.91 Å². The molecule has 0 atom stereocenters. The molecule has 1 heterocycles. The van der Waals surface area contributed by atoms with E-state index in [2.05, 4.69) is 5.32 Å². The lowest BCUT2D eigenvalue weighted by Gasteiger charge is -2.29. The number of fused-ring (bicyclic) bond motifs is 1. The maximum atomic E-state index is 13.9. The second-order valence-corrected chi connectivity index (χ2v) is 8.54. The van der Waals surface area contributed by atoms with Gasteiger partial charge in [-0.3, -0.25) is 14.4 Å². The van der Waals surface area contributed by atoms with Crippen molar-refractivity contribution in [2.24, 2.45) is 5.92 Å². The van der Waals surface area contributed by atoms with Gasteiger partial charge in [-0.25, -0.2) is 4.39 Å². The number of ketones is 1. The molecule has 0 spiro atoms. The smallest absolute Gasteiger partial charge is 0.265 e. The van der Waals surface area contributed by atoms with Crippen LogP contribution in [0.4, 0.5) is 10.1 Å². The van der Waals surface area contributed by atoms with Gasteiger partial charge in [-0.1, -0.05) is 25.4 Å². The van der Waals surface area contributed by atoms with Crippen molar-refractivity contribution in [2.75, 3.05) is 31.2 Å². The molecule has 0 aromatic heterocycles. The minimum atomic E-state index is -0.664. The topological polar surface area (TPSA) is 84.9 Å². The van der Waals surface area contributed by atoms with Crippen LogP contribution in [0.5, 0.6) is 11.5 Å². The quantitative estimate of drug-likeness (QED) is 0.523. The Morgan fingerprint density at radius 1 is 1.24 bits per heavy atom. The van der Waals surface area contributed by atoms with Crippen molar-refractivity contribution in [2.45, 2.75) is 26.7 Å². The number of carbonyl (C=O) groups is 3. The summed E-state index contributed by atoms with van der Waals surface area (Å²) in [5, 5.41) is 3.07. The Kier molecular flexibility index (Phi) is 8.27. The number of Topliss-reactive ketones (excluding diaryl/α,β-unsaturated/α-hetero) is 1. The van der Waals surface area contributed by atoms with Crippen LogP contribution in [0.3, 0.4) is 0 Å². The first-order valence-electron chi connectivity index (χ1n) is 10.7. The average Bonchev–Trinajstić information content (AvgIpc) is 2.78. The number of carbonyl (C=O) groups excluding carboxylic acids is 3. The molecule has 0 unspecified atom stereocenters. The van der Waals surface area contributed by atoms with Crippen molar-refractivity contribution in [3.8, 4) is 11.5 Å². The van der Waals surface area contributed by atoms with Crippen LogP contribution in [0.15, 0.2) is 36.4 Å². The number of hydrogen-bond donors (Lipinski definition) is 1. The molecule has 2 aromatic rings. The van der Waals surface area contributed by atoms with Crippen LogP contribution in [-0.4, -0.2) is 43.9 Å². The third-order valence-electron chi connectivity index (χ3n) is 4.97. The molecule has 7 nitrogen and oxygen atoms in total. The minimum absolute atomic E-state index is 0.0693. The SMILES string of the molecule is CC(C)CNC(=O)CCCN1C(=O)COc2ccc(C(=O)COc3ccc(Cl)cc3F)cc21. The molecular weight excluding hydrogens is 451 g/mol. The lowest BCUT2D eigenvalue weighted by Crippen LogP contribution is -2.40. The van der Waals surface area contributed by atoms with Crippen molar-refractivity contribution in [1.29, 1.82) is 0 Å². The van der Waals surface area contributed by atoms with E-state index >= 15 is 0 Å². The molecule has 176 valence electrons. The first-order valence-corrected chi connectivity index (χ1v) is 11.1. The monoisotopic (exact) mass is 476 g/mol. The van der Waals surface area contributed by atoms with Crippen LogP contribution in [0.2, 0.25) is 5.02 Å². The Balaban J connectivity index is 1.64. The Labute approximate surface area is 196 Å². The van der Waals surface area contributed by atoms with Gasteiger partial charge >= 0.3 is 0 Å². The van der Waals surface area contributed by atoms with Crippen molar-refractivity contribution in [3.05, 3.63) is 52.8 Å². The lowest BCUT2D eigenvalue weighted by molar-refractivity contribution is -0.122. The molecule has 0 fully saturated rings. The molecule has 0 saturated heterocycles. The average molecular weight is 477 g/mol. The predicted molar refractivity (Wildman–Crippen MR) is 123 cm³/mol. The van der Waals surface area contributed by atoms with Crippen molar-refractivity contribution in [3.63, 3.8) is 0 Å². The number of ether oxygens (including phenoxy) is 2. The van der Waals surface area contributed by atoms with E-state index in [0.29, 0.717) is 42.4 Å². The largest absolute Gasteiger partial charge is 0.482 e. The highest BCUT2D eigenvalue weighted by Gasteiger charge is 2.26. The van der Waals surface area contributed by atoms with Gasteiger partial charge in [0, 0.05) is 30.1 Å². The zero-order chi connectivity index (χ0) is 24.0. The maximum Gasteiger partial charge on any atom is 0.265 e. The third kappa shape index (κ3) is 6.68. The predicted octanol–water partition coefficient (Wildman–Crippen LogP) is 4.02. The number of benzene rings is 2. The van der Waals surface area contributed by atoms with Crippen molar-refractivity contribution < 1.29 is 28.2 Å². The summed E-state index contributed by atoms with van der Waals surface area (Å²) in [6, 6.07) is 8.65. The molecule has 2 aromatic carbocycles. The highest BCUT2D eigenvalue weighted by atomic mass is 35.5. The van der Waals surface area contributed by atoms with E-state index in [4.69, 9.17) is 21.1 Å². The summed E-state index contributed by atoms with van der Waals surface area (Å²) >= 11 is 5.72. The van der Waals surface area contributed by atoms with Crippen LogP contribution >= 0.6 is 11.6 Å². The fourth-order valence-electron chi connectivity index (χ4n) is 3.24. The van der Waals surface area contributed by atoms with Crippen LogP contribution in [0.25, 0.3) is 0 Å². The van der Waals surface area contributed by atoms with Gasteiger partial charge in [0.15, 0.2) is 30.6 Å². The number of halogens is 2. The lowest BCUT2D eigenvalue weighted by atomic mass is 10.1. The van der Waals surface area contributed by atoms with Crippen LogP contribution in [0.1, 0.15) is 37.0 Å².